The van der Waals surface area contributed by atoms with Crippen LogP contribution in [-0.4, -0.2) is 15.5 Å². The number of hydrogen-bond donors (Lipinski definition) is 2. The van der Waals surface area contributed by atoms with Crippen LogP contribution in [0.5, 0.6) is 0 Å². The lowest BCUT2D eigenvalue weighted by Crippen LogP contribution is -2.23. The average Bonchev–Trinajstić information content (AvgIpc) is 2.87. The Morgan fingerprint density at radius 2 is 2.09 bits per heavy atom. The van der Waals surface area contributed by atoms with E-state index >= 15 is 0 Å². The summed E-state index contributed by atoms with van der Waals surface area (Å²) in [6.07, 6.45) is 3.79. The molecule has 0 bridgehead atoms. The van der Waals surface area contributed by atoms with E-state index in [9.17, 15) is 0 Å². The van der Waals surface area contributed by atoms with Crippen molar-refractivity contribution in [3.05, 3.63) is 47.5 Å². The first-order valence-corrected chi connectivity index (χ1v) is 7.60. The number of anilines is 1. The van der Waals surface area contributed by atoms with Gasteiger partial charge in [-0.1, -0.05) is 19.9 Å². The Morgan fingerprint density at radius 1 is 1.32 bits per heavy atom. The molecule has 0 fully saturated rings. The Balaban J connectivity index is 2.00. The van der Waals surface area contributed by atoms with E-state index < -0.39 is 0 Å². The molecule has 22 heavy (non-hydrogen) atoms. The van der Waals surface area contributed by atoms with Crippen molar-refractivity contribution < 1.29 is 0 Å². The number of nitrogens with zero attached hydrogens (tertiary/aromatic N) is 3. The monoisotopic (exact) mass is 299 g/mol. The third kappa shape index (κ3) is 4.35. The summed E-state index contributed by atoms with van der Waals surface area (Å²) in [5.41, 5.74) is 9.41. The number of nitrogens with one attached hydrogen (secondary N) is 1. The molecule has 0 saturated heterocycles. The molecule has 0 aliphatic heterocycles. The summed E-state index contributed by atoms with van der Waals surface area (Å²) in [6.45, 7) is 9.95. The van der Waals surface area contributed by atoms with Crippen molar-refractivity contribution >= 4 is 11.6 Å². The van der Waals surface area contributed by atoms with Gasteiger partial charge in [-0.3, -0.25) is 0 Å². The van der Waals surface area contributed by atoms with E-state index in [1.165, 1.54) is 11.1 Å². The summed E-state index contributed by atoms with van der Waals surface area (Å²) in [7, 11) is 0. The third-order valence-electron chi connectivity index (χ3n) is 3.53. The normalized spacial score (nSPS) is 12.0. The summed E-state index contributed by atoms with van der Waals surface area (Å²) < 4.78 is 2.12. The summed E-state index contributed by atoms with van der Waals surface area (Å²) in [5.74, 6) is 1.91. The lowest BCUT2D eigenvalue weighted by Gasteiger charge is -2.10. The minimum atomic E-state index is 0.405. The van der Waals surface area contributed by atoms with Gasteiger partial charge in [0.1, 0.15) is 12.4 Å². The smallest absolute Gasteiger partial charge is 0.193 e. The van der Waals surface area contributed by atoms with E-state index in [-0.39, 0.29) is 0 Å². The Bertz CT molecular complexity index is 655. The maximum absolute atomic E-state index is 5.96. The molecule has 5 nitrogen and oxygen atoms in total. The molecule has 1 aromatic carbocycles. The molecule has 3 N–H and O–H groups in total. The first kappa shape index (κ1) is 16.1. The molecule has 0 aliphatic carbocycles. The Kier molecular flexibility index (Phi) is 5.20. The van der Waals surface area contributed by atoms with E-state index in [2.05, 4.69) is 59.7 Å². The molecule has 0 spiro atoms. The molecular formula is C17H25N5. The average molecular weight is 299 g/mol. The fourth-order valence-electron chi connectivity index (χ4n) is 2.21. The predicted octanol–water partition coefficient (Wildman–Crippen LogP) is 3.08. The van der Waals surface area contributed by atoms with Crippen LogP contribution in [0.15, 0.2) is 35.6 Å². The number of nitrogens with two attached hydrogens (primary N) is 1. The first-order valence-electron chi connectivity index (χ1n) is 7.60. The van der Waals surface area contributed by atoms with Crippen molar-refractivity contribution in [1.29, 1.82) is 0 Å². The van der Waals surface area contributed by atoms with Crippen molar-refractivity contribution in [1.82, 2.24) is 9.55 Å². The standard InChI is InChI=1S/C17H25N5/c1-12(2)11-22-8-7-19-16(22)10-20-17(18)21-15-6-5-13(3)14(4)9-15/h5-9,12H,10-11H2,1-4H3,(H3,18,20,21). The highest BCUT2D eigenvalue weighted by atomic mass is 15.1. The maximum Gasteiger partial charge on any atom is 0.193 e. The zero-order valence-corrected chi connectivity index (χ0v) is 13.8. The summed E-state index contributed by atoms with van der Waals surface area (Å²) in [4.78, 5) is 8.73. The fraction of sp³-hybridized carbons (Fsp3) is 0.412. The SMILES string of the molecule is Cc1ccc(NC(N)=NCc2nccn2CC(C)C)cc1C. The first-order chi connectivity index (χ1) is 10.5. The van der Waals surface area contributed by atoms with Gasteiger partial charge in [0, 0.05) is 24.6 Å². The summed E-state index contributed by atoms with van der Waals surface area (Å²) in [5, 5.41) is 3.12. The molecule has 0 amide bonds. The molecule has 5 heteroatoms. The highest BCUT2D eigenvalue weighted by molar-refractivity contribution is 5.92. The van der Waals surface area contributed by atoms with Crippen molar-refractivity contribution in [3.63, 3.8) is 0 Å². The molecule has 0 aliphatic rings. The molecule has 0 unspecified atom stereocenters. The van der Waals surface area contributed by atoms with Gasteiger partial charge >= 0.3 is 0 Å². The third-order valence-corrected chi connectivity index (χ3v) is 3.53. The minimum absolute atomic E-state index is 0.405. The number of aromatic nitrogens is 2. The van der Waals surface area contributed by atoms with Gasteiger partial charge in [0.15, 0.2) is 5.96 Å². The van der Waals surface area contributed by atoms with Crippen LogP contribution in [0.3, 0.4) is 0 Å². The Hall–Kier alpha value is -2.30. The highest BCUT2D eigenvalue weighted by Crippen LogP contribution is 2.13. The molecule has 0 atom stereocenters. The lowest BCUT2D eigenvalue weighted by molar-refractivity contribution is 0.507. The van der Waals surface area contributed by atoms with Crippen molar-refractivity contribution in [2.24, 2.45) is 16.6 Å². The van der Waals surface area contributed by atoms with Crippen LogP contribution in [0, 0.1) is 19.8 Å². The van der Waals surface area contributed by atoms with Gasteiger partial charge in [0.2, 0.25) is 0 Å². The second-order valence-electron chi connectivity index (χ2n) is 6.02. The van der Waals surface area contributed by atoms with E-state index in [4.69, 9.17) is 5.73 Å². The number of hydrogen-bond acceptors (Lipinski definition) is 2. The van der Waals surface area contributed by atoms with Crippen molar-refractivity contribution in [2.45, 2.75) is 40.8 Å². The van der Waals surface area contributed by atoms with Crippen LogP contribution < -0.4 is 11.1 Å². The second-order valence-corrected chi connectivity index (χ2v) is 6.02. The zero-order valence-electron chi connectivity index (χ0n) is 13.8. The number of imidazole rings is 1. The summed E-state index contributed by atoms with van der Waals surface area (Å²) >= 11 is 0. The minimum Gasteiger partial charge on any atom is -0.370 e. The molecule has 2 aromatic rings. The van der Waals surface area contributed by atoms with Crippen molar-refractivity contribution in [2.75, 3.05) is 5.32 Å². The highest BCUT2D eigenvalue weighted by Gasteiger charge is 2.04. The molecule has 2 rings (SSSR count). The van der Waals surface area contributed by atoms with Gasteiger partial charge in [-0.15, -0.1) is 0 Å². The van der Waals surface area contributed by atoms with E-state index in [0.717, 1.165) is 18.1 Å². The number of aliphatic imine (C=N–C) groups is 1. The summed E-state index contributed by atoms with van der Waals surface area (Å²) in [6, 6.07) is 6.14. The van der Waals surface area contributed by atoms with Crippen LogP contribution in [-0.2, 0) is 13.1 Å². The second kappa shape index (κ2) is 7.11. The lowest BCUT2D eigenvalue weighted by atomic mass is 10.1. The van der Waals surface area contributed by atoms with Crippen LogP contribution in [0.1, 0.15) is 30.8 Å². The van der Waals surface area contributed by atoms with Crippen LogP contribution in [0.2, 0.25) is 0 Å². The van der Waals surface area contributed by atoms with Gasteiger partial charge in [-0.25, -0.2) is 9.98 Å². The number of aryl methyl sites for hydroxylation is 2. The largest absolute Gasteiger partial charge is 0.370 e. The maximum atomic E-state index is 5.96. The Morgan fingerprint density at radius 3 is 2.77 bits per heavy atom. The van der Waals surface area contributed by atoms with E-state index in [1.54, 1.807) is 6.20 Å². The van der Waals surface area contributed by atoms with E-state index in [0.29, 0.717) is 18.4 Å². The predicted molar refractivity (Wildman–Crippen MR) is 91.9 cm³/mol. The van der Waals surface area contributed by atoms with Gasteiger partial charge in [0.05, 0.1) is 0 Å². The van der Waals surface area contributed by atoms with Crippen LogP contribution >= 0.6 is 0 Å². The fourth-order valence-corrected chi connectivity index (χ4v) is 2.21. The molecule has 1 heterocycles. The van der Waals surface area contributed by atoms with E-state index in [1.807, 2.05) is 12.3 Å². The van der Waals surface area contributed by atoms with Crippen LogP contribution in [0.25, 0.3) is 0 Å². The van der Waals surface area contributed by atoms with Crippen molar-refractivity contribution in [3.8, 4) is 0 Å². The van der Waals surface area contributed by atoms with Gasteiger partial charge in [-0.2, -0.15) is 0 Å². The molecule has 0 radical (unpaired) electrons. The van der Waals surface area contributed by atoms with Crippen LogP contribution in [0.4, 0.5) is 5.69 Å². The molecule has 0 saturated carbocycles. The van der Waals surface area contributed by atoms with Gasteiger partial charge < -0.3 is 15.6 Å². The Labute approximate surface area is 132 Å². The molecular weight excluding hydrogens is 274 g/mol. The molecule has 1 aromatic heterocycles. The van der Waals surface area contributed by atoms with Gasteiger partial charge in [0.25, 0.3) is 0 Å². The number of benzene rings is 1. The zero-order chi connectivity index (χ0) is 16.1. The van der Waals surface area contributed by atoms with Gasteiger partial charge in [-0.05, 0) is 43.0 Å². The number of guanidine groups is 1. The topological polar surface area (TPSA) is 68.2 Å². The quantitative estimate of drug-likeness (QED) is 0.658. The molecule has 118 valence electrons. The number of rotatable bonds is 5.